The van der Waals surface area contributed by atoms with Crippen LogP contribution in [0.5, 0.6) is 5.75 Å². The molecule has 19 heteroatoms. The predicted octanol–water partition coefficient (Wildman–Crippen LogP) is 5.67. The Labute approximate surface area is 178 Å². The number of halogens is 13. The quantitative estimate of drug-likeness (QED) is 0.255. The van der Waals surface area contributed by atoms with Crippen molar-refractivity contribution in [2.75, 3.05) is 11.9 Å². The molecular formula is C15H9F13N2O4. The zero-order valence-corrected chi connectivity index (χ0v) is 15.9. The van der Waals surface area contributed by atoms with Crippen LogP contribution in [0.3, 0.4) is 0 Å². The summed E-state index contributed by atoms with van der Waals surface area (Å²) >= 11 is 0. The molecule has 0 aromatic heterocycles. The molecule has 1 N–H and O–H groups in total. The van der Waals surface area contributed by atoms with Gasteiger partial charge in [-0.05, 0) is 19.1 Å². The van der Waals surface area contributed by atoms with Crippen LogP contribution in [0, 0.1) is 10.1 Å². The first-order valence-electron chi connectivity index (χ1n) is 8.19. The van der Waals surface area contributed by atoms with E-state index in [-0.39, 0.29) is 12.4 Å². The van der Waals surface area contributed by atoms with Crippen molar-refractivity contribution in [1.82, 2.24) is 0 Å². The molecule has 0 aliphatic rings. The first-order chi connectivity index (χ1) is 15.0. The first kappa shape index (κ1) is 29.0. The fourth-order valence-electron chi connectivity index (χ4n) is 2.14. The number of nitrogens with one attached hydrogen (secondary N) is 1. The Kier molecular flexibility index (Phi) is 7.37. The molecule has 194 valence electrons. The van der Waals surface area contributed by atoms with Crippen LogP contribution in [0.2, 0.25) is 0 Å². The summed E-state index contributed by atoms with van der Waals surface area (Å²) in [6.45, 7) is 1.27. The predicted molar refractivity (Wildman–Crippen MR) is 83.7 cm³/mol. The summed E-state index contributed by atoms with van der Waals surface area (Å²) in [5.74, 6) is -43.3. The van der Waals surface area contributed by atoms with Crippen LogP contribution in [0.1, 0.15) is 6.92 Å². The minimum absolute atomic E-state index is 0.112. The van der Waals surface area contributed by atoms with Crippen molar-refractivity contribution in [1.29, 1.82) is 0 Å². The smallest absolute Gasteiger partial charge is 0.460 e. The molecule has 0 aliphatic carbocycles. The maximum Gasteiger partial charge on any atom is 0.460 e. The average molecular weight is 528 g/mol. The van der Waals surface area contributed by atoms with Crippen LogP contribution in [0.25, 0.3) is 0 Å². The molecule has 0 aliphatic heterocycles. The number of hydrogen-bond donors (Lipinski definition) is 1. The van der Waals surface area contributed by atoms with Crippen molar-refractivity contribution in [3.05, 3.63) is 28.3 Å². The van der Waals surface area contributed by atoms with E-state index in [4.69, 9.17) is 4.74 Å². The van der Waals surface area contributed by atoms with Gasteiger partial charge in [0.15, 0.2) is 0 Å². The van der Waals surface area contributed by atoms with Gasteiger partial charge in [0.2, 0.25) is 0 Å². The standard InChI is InChI=1S/C15H9F13N2O4/c1-2-34-6-3-4-7(8(5-6)30(32)33)29-9(31)10(16,17)11(18,19)12(20,21)13(22,23)14(24,25)15(26,27)28/h3-5H,2H2,1H3,(H,29,31). The summed E-state index contributed by atoms with van der Waals surface area (Å²) in [5.41, 5.74) is -2.76. The molecule has 1 aromatic rings. The molecule has 0 radical (unpaired) electrons. The van der Waals surface area contributed by atoms with Crippen molar-refractivity contribution in [3.8, 4) is 5.75 Å². The molecule has 0 spiro atoms. The van der Waals surface area contributed by atoms with Gasteiger partial charge in [0.25, 0.3) is 5.69 Å². The van der Waals surface area contributed by atoms with E-state index in [0.717, 1.165) is 6.07 Å². The maximum absolute atomic E-state index is 13.8. The van der Waals surface area contributed by atoms with Gasteiger partial charge in [0.1, 0.15) is 11.4 Å². The van der Waals surface area contributed by atoms with Crippen LogP contribution in [-0.2, 0) is 4.79 Å². The molecule has 0 saturated heterocycles. The van der Waals surface area contributed by atoms with Gasteiger partial charge in [-0.3, -0.25) is 14.9 Å². The summed E-state index contributed by atoms with van der Waals surface area (Å²) < 4.78 is 175. The molecule has 1 amide bonds. The summed E-state index contributed by atoms with van der Waals surface area (Å²) in [6, 6.07) is 1.51. The SMILES string of the molecule is CCOc1ccc(NC(=O)C(F)(F)C(F)(F)C(F)(F)C(F)(F)C(F)(F)C(F)(F)F)c([N+](=O)[O-])c1. The molecule has 0 bridgehead atoms. The zero-order chi connectivity index (χ0) is 27.1. The van der Waals surface area contributed by atoms with Gasteiger partial charge in [-0.2, -0.15) is 57.1 Å². The summed E-state index contributed by atoms with van der Waals surface area (Å²) in [4.78, 5) is 21.0. The van der Waals surface area contributed by atoms with Gasteiger partial charge >= 0.3 is 41.7 Å². The van der Waals surface area contributed by atoms with Crippen LogP contribution in [0.15, 0.2) is 18.2 Å². The summed E-state index contributed by atoms with van der Waals surface area (Å²) in [5, 5.41) is 11.6. The lowest BCUT2D eigenvalue weighted by molar-refractivity contribution is -0.435. The van der Waals surface area contributed by atoms with E-state index in [1.165, 1.54) is 6.92 Å². The minimum Gasteiger partial charge on any atom is -0.494 e. The maximum atomic E-state index is 13.8. The van der Waals surface area contributed by atoms with Gasteiger partial charge in [-0.1, -0.05) is 0 Å². The fourth-order valence-corrected chi connectivity index (χ4v) is 2.14. The van der Waals surface area contributed by atoms with Gasteiger partial charge < -0.3 is 10.1 Å². The number of hydrogen-bond acceptors (Lipinski definition) is 4. The highest BCUT2D eigenvalue weighted by Crippen LogP contribution is 2.60. The molecule has 1 aromatic carbocycles. The first-order valence-corrected chi connectivity index (χ1v) is 8.19. The van der Waals surface area contributed by atoms with E-state index in [0.29, 0.717) is 17.4 Å². The van der Waals surface area contributed by atoms with E-state index < -0.39 is 58.0 Å². The van der Waals surface area contributed by atoms with Crippen LogP contribution in [0.4, 0.5) is 68.5 Å². The van der Waals surface area contributed by atoms with Gasteiger partial charge in [0.05, 0.1) is 17.6 Å². The monoisotopic (exact) mass is 528 g/mol. The van der Waals surface area contributed by atoms with E-state index in [2.05, 4.69) is 0 Å². The summed E-state index contributed by atoms with van der Waals surface area (Å²) in [6.07, 6.45) is -7.60. The average Bonchev–Trinajstić information content (AvgIpc) is 2.67. The Morgan fingerprint density at radius 3 is 1.76 bits per heavy atom. The van der Waals surface area contributed by atoms with Crippen LogP contribution >= 0.6 is 0 Å². The fraction of sp³-hybridized carbons (Fsp3) is 0.533. The van der Waals surface area contributed by atoms with E-state index in [1.807, 2.05) is 0 Å². The number of amides is 1. The second kappa shape index (κ2) is 8.64. The molecule has 0 unspecified atom stereocenters. The van der Waals surface area contributed by atoms with E-state index in [1.54, 1.807) is 0 Å². The van der Waals surface area contributed by atoms with Crippen LogP contribution < -0.4 is 10.1 Å². The van der Waals surface area contributed by atoms with Crippen molar-refractivity contribution in [2.45, 2.75) is 42.7 Å². The third-order valence-electron chi connectivity index (χ3n) is 3.94. The topological polar surface area (TPSA) is 81.5 Å². The second-order valence-electron chi connectivity index (χ2n) is 6.19. The largest absolute Gasteiger partial charge is 0.494 e. The van der Waals surface area contributed by atoms with Crippen molar-refractivity contribution < 1.29 is 71.5 Å². The molecule has 34 heavy (non-hydrogen) atoms. The zero-order valence-electron chi connectivity index (χ0n) is 15.9. The highest BCUT2D eigenvalue weighted by Gasteiger charge is 2.91. The number of benzene rings is 1. The van der Waals surface area contributed by atoms with E-state index in [9.17, 15) is 72.0 Å². The van der Waals surface area contributed by atoms with Crippen molar-refractivity contribution in [2.24, 2.45) is 0 Å². The molecule has 0 heterocycles. The molecule has 0 saturated carbocycles. The van der Waals surface area contributed by atoms with E-state index >= 15 is 0 Å². The Morgan fingerprint density at radius 1 is 0.882 bits per heavy atom. The minimum atomic E-state index is -8.18. The number of nitro groups is 1. The number of nitro benzene ring substituents is 1. The molecule has 0 fully saturated rings. The number of alkyl halides is 13. The molecule has 1 rings (SSSR count). The Balaban J connectivity index is 3.48. The lowest BCUT2D eigenvalue weighted by atomic mass is 9.93. The Hall–Kier alpha value is -3.02. The number of nitrogens with zero attached hydrogens (tertiary/aromatic N) is 1. The van der Waals surface area contributed by atoms with Gasteiger partial charge in [0, 0.05) is 0 Å². The Morgan fingerprint density at radius 2 is 1.35 bits per heavy atom. The number of carbonyl (C=O) groups excluding carboxylic acids is 1. The third kappa shape index (κ3) is 4.38. The second-order valence-corrected chi connectivity index (χ2v) is 6.19. The van der Waals surface area contributed by atoms with Crippen molar-refractivity contribution in [3.63, 3.8) is 0 Å². The number of rotatable bonds is 9. The number of ether oxygens (including phenoxy) is 1. The molecule has 0 atom stereocenters. The van der Waals surface area contributed by atoms with Gasteiger partial charge in [-0.15, -0.1) is 0 Å². The molecular weight excluding hydrogens is 519 g/mol. The lowest BCUT2D eigenvalue weighted by Gasteiger charge is -2.39. The third-order valence-corrected chi connectivity index (χ3v) is 3.94. The highest BCUT2D eigenvalue weighted by molar-refractivity contribution is 5.98. The normalized spacial score (nSPS) is 14.1. The summed E-state index contributed by atoms with van der Waals surface area (Å²) in [7, 11) is 0. The lowest BCUT2D eigenvalue weighted by Crippen LogP contribution is -2.71. The molecule has 6 nitrogen and oxygen atoms in total. The number of carbonyl (C=O) groups is 1. The highest BCUT2D eigenvalue weighted by atomic mass is 19.4. The van der Waals surface area contributed by atoms with Gasteiger partial charge in [-0.25, -0.2) is 0 Å². The number of anilines is 1. The van der Waals surface area contributed by atoms with Crippen molar-refractivity contribution >= 4 is 17.3 Å². The van der Waals surface area contributed by atoms with Crippen LogP contribution in [-0.4, -0.2) is 53.2 Å². The Bertz CT molecular complexity index is 947.